The first-order valence-electron chi connectivity index (χ1n) is 7.61. The van der Waals surface area contributed by atoms with Crippen LogP contribution in [0.3, 0.4) is 0 Å². The lowest BCUT2D eigenvalue weighted by Crippen LogP contribution is -2.43. The number of carbonyl (C=O) groups excluding carboxylic acids is 3. The minimum Gasteiger partial charge on any atom is -0.480 e. The van der Waals surface area contributed by atoms with Crippen LogP contribution in [0.1, 0.15) is 44.0 Å². The zero-order valence-corrected chi connectivity index (χ0v) is 14.3. The number of hydrogen-bond acceptors (Lipinski definition) is 6. The van der Waals surface area contributed by atoms with Gasteiger partial charge in [0.2, 0.25) is 0 Å². The van der Waals surface area contributed by atoms with Crippen LogP contribution < -0.4 is 5.32 Å². The van der Waals surface area contributed by atoms with Crippen molar-refractivity contribution < 1.29 is 33.8 Å². The number of esters is 2. The van der Waals surface area contributed by atoms with Gasteiger partial charge in [0.05, 0.1) is 5.56 Å². The van der Waals surface area contributed by atoms with Crippen molar-refractivity contribution in [1.82, 2.24) is 5.32 Å². The molecule has 25 heavy (non-hydrogen) atoms. The van der Waals surface area contributed by atoms with Gasteiger partial charge in [0.1, 0.15) is 11.6 Å². The van der Waals surface area contributed by atoms with Crippen LogP contribution in [-0.2, 0) is 19.1 Å². The predicted molar refractivity (Wildman–Crippen MR) is 86.9 cm³/mol. The molecule has 1 aromatic carbocycles. The highest BCUT2D eigenvalue weighted by Crippen LogP contribution is 2.09. The maximum absolute atomic E-state index is 11.7. The van der Waals surface area contributed by atoms with Crippen molar-refractivity contribution in [3.8, 4) is 0 Å². The largest absolute Gasteiger partial charge is 0.480 e. The minimum atomic E-state index is -1.34. The molecular formula is C17H21NO7. The summed E-state index contributed by atoms with van der Waals surface area (Å²) < 4.78 is 9.60. The molecule has 0 aliphatic rings. The summed E-state index contributed by atoms with van der Waals surface area (Å²) in [5, 5.41) is 11.3. The van der Waals surface area contributed by atoms with Gasteiger partial charge in [-0.1, -0.05) is 18.2 Å². The summed E-state index contributed by atoms with van der Waals surface area (Å²) in [4.78, 5) is 46.2. The molecule has 2 N–H and O–H groups in total. The van der Waals surface area contributed by atoms with Crippen molar-refractivity contribution >= 4 is 24.0 Å². The number of ether oxygens (including phenoxy) is 2. The van der Waals surface area contributed by atoms with Gasteiger partial charge in [-0.05, 0) is 39.3 Å². The van der Waals surface area contributed by atoms with Crippen molar-refractivity contribution in [2.75, 3.05) is 0 Å². The number of nitrogens with one attached hydrogen (secondary N) is 1. The van der Waals surface area contributed by atoms with E-state index in [1.54, 1.807) is 39.0 Å². The Hall–Kier alpha value is -2.90. The van der Waals surface area contributed by atoms with E-state index in [4.69, 9.17) is 9.84 Å². The number of carbonyl (C=O) groups is 4. The van der Waals surface area contributed by atoms with Gasteiger partial charge < -0.3 is 19.9 Å². The Balaban J connectivity index is 2.51. The third-order valence-corrected chi connectivity index (χ3v) is 2.84. The highest BCUT2D eigenvalue weighted by Gasteiger charge is 2.25. The van der Waals surface area contributed by atoms with Crippen LogP contribution in [0, 0.1) is 0 Å². The normalized spacial score (nSPS) is 12.0. The second-order valence-electron chi connectivity index (χ2n) is 6.20. The smallest absolute Gasteiger partial charge is 0.408 e. The van der Waals surface area contributed by atoms with Gasteiger partial charge >= 0.3 is 24.0 Å². The van der Waals surface area contributed by atoms with Gasteiger partial charge in [0, 0.05) is 6.42 Å². The number of carboxylic acids is 1. The zero-order valence-electron chi connectivity index (χ0n) is 14.3. The lowest BCUT2D eigenvalue weighted by atomic mass is 10.1. The van der Waals surface area contributed by atoms with E-state index in [9.17, 15) is 19.2 Å². The fraction of sp³-hybridized carbons (Fsp3) is 0.412. The summed E-state index contributed by atoms with van der Waals surface area (Å²) in [5.41, 5.74) is -0.578. The number of benzene rings is 1. The Kier molecular flexibility index (Phi) is 7.10. The first-order chi connectivity index (χ1) is 11.6. The van der Waals surface area contributed by atoms with Gasteiger partial charge in [-0.25, -0.2) is 14.4 Å². The van der Waals surface area contributed by atoms with Crippen LogP contribution in [-0.4, -0.2) is 40.8 Å². The summed E-state index contributed by atoms with van der Waals surface area (Å²) in [6.45, 7) is 4.90. The number of alkyl carbamates (subject to hydrolysis) is 1. The Bertz CT molecular complexity index is 634. The van der Waals surface area contributed by atoms with E-state index in [1.165, 1.54) is 12.1 Å². The van der Waals surface area contributed by atoms with Crippen molar-refractivity contribution in [2.24, 2.45) is 0 Å². The summed E-state index contributed by atoms with van der Waals surface area (Å²) in [5.74, 6) is -3.03. The molecule has 0 aliphatic heterocycles. The number of hydrogen-bond donors (Lipinski definition) is 2. The van der Waals surface area contributed by atoms with Crippen LogP contribution >= 0.6 is 0 Å². The van der Waals surface area contributed by atoms with E-state index in [1.807, 2.05) is 0 Å². The third kappa shape index (κ3) is 7.96. The maximum atomic E-state index is 11.7. The molecule has 1 rings (SSSR count). The SMILES string of the molecule is CC(C)(C)OC(=O)N[C@@H](CCC(=O)OC(=O)c1ccccc1)C(=O)O. The highest BCUT2D eigenvalue weighted by molar-refractivity contribution is 5.96. The molecule has 0 spiro atoms. The molecule has 136 valence electrons. The Morgan fingerprint density at radius 1 is 1.12 bits per heavy atom. The number of rotatable bonds is 6. The molecule has 0 saturated heterocycles. The van der Waals surface area contributed by atoms with Gasteiger partial charge in [-0.15, -0.1) is 0 Å². The summed E-state index contributed by atoms with van der Waals surface area (Å²) >= 11 is 0. The Morgan fingerprint density at radius 3 is 2.24 bits per heavy atom. The van der Waals surface area contributed by atoms with Crippen LogP contribution in [0.2, 0.25) is 0 Å². The minimum absolute atomic E-state index is 0.206. The Labute approximate surface area is 145 Å². The molecule has 0 aliphatic carbocycles. The van der Waals surface area contributed by atoms with E-state index < -0.39 is 35.6 Å². The number of aliphatic carboxylic acids is 1. The van der Waals surface area contributed by atoms with Crippen molar-refractivity contribution in [1.29, 1.82) is 0 Å². The van der Waals surface area contributed by atoms with E-state index >= 15 is 0 Å². The van der Waals surface area contributed by atoms with Crippen LogP contribution in [0.5, 0.6) is 0 Å². The molecular weight excluding hydrogens is 330 g/mol. The molecule has 8 nitrogen and oxygen atoms in total. The predicted octanol–water partition coefficient (Wildman–Crippen LogP) is 2.13. The molecule has 8 heteroatoms. The molecule has 1 atom stereocenters. The molecule has 0 fully saturated rings. The summed E-state index contributed by atoms with van der Waals surface area (Å²) in [6, 6.07) is 6.57. The molecule has 1 amide bonds. The first-order valence-corrected chi connectivity index (χ1v) is 7.61. The van der Waals surface area contributed by atoms with E-state index in [2.05, 4.69) is 10.1 Å². The van der Waals surface area contributed by atoms with Gasteiger partial charge in [-0.2, -0.15) is 0 Å². The van der Waals surface area contributed by atoms with Crippen molar-refractivity contribution in [3.05, 3.63) is 35.9 Å². The molecule has 0 bridgehead atoms. The van der Waals surface area contributed by atoms with Gasteiger partial charge in [-0.3, -0.25) is 4.79 Å². The summed E-state index contributed by atoms with van der Waals surface area (Å²) in [6.07, 6.45) is -1.51. The fourth-order valence-corrected chi connectivity index (χ4v) is 1.76. The molecule has 1 aromatic rings. The fourth-order valence-electron chi connectivity index (χ4n) is 1.76. The average Bonchev–Trinajstić information content (AvgIpc) is 2.50. The second-order valence-corrected chi connectivity index (χ2v) is 6.20. The monoisotopic (exact) mass is 351 g/mol. The first kappa shape index (κ1) is 20.1. The Morgan fingerprint density at radius 2 is 1.72 bits per heavy atom. The number of carboxylic acid groups (broad SMARTS) is 1. The zero-order chi connectivity index (χ0) is 19.0. The molecule has 0 unspecified atom stereocenters. The summed E-state index contributed by atoms with van der Waals surface area (Å²) in [7, 11) is 0. The molecule has 0 saturated carbocycles. The average molecular weight is 351 g/mol. The molecule has 0 heterocycles. The van der Waals surface area contributed by atoms with Crippen LogP contribution in [0.25, 0.3) is 0 Å². The maximum Gasteiger partial charge on any atom is 0.408 e. The van der Waals surface area contributed by atoms with Crippen LogP contribution in [0.4, 0.5) is 4.79 Å². The quantitative estimate of drug-likeness (QED) is 0.595. The van der Waals surface area contributed by atoms with E-state index in [-0.39, 0.29) is 18.4 Å². The van der Waals surface area contributed by atoms with E-state index in [0.29, 0.717) is 0 Å². The van der Waals surface area contributed by atoms with Gasteiger partial charge in [0.15, 0.2) is 0 Å². The lowest BCUT2D eigenvalue weighted by molar-refractivity contribution is -0.141. The van der Waals surface area contributed by atoms with Crippen LogP contribution in [0.15, 0.2) is 30.3 Å². The number of amides is 1. The third-order valence-electron chi connectivity index (χ3n) is 2.84. The standard InChI is InChI=1S/C17H21NO7/c1-17(2,3)25-16(23)18-12(14(20)21)9-10-13(19)24-15(22)11-7-5-4-6-8-11/h4-8,12H,9-10H2,1-3H3,(H,18,23)(H,20,21)/t12-/m0/s1. The second kappa shape index (κ2) is 8.81. The van der Waals surface area contributed by atoms with Crippen molar-refractivity contribution in [2.45, 2.75) is 45.3 Å². The molecule has 0 aromatic heterocycles. The van der Waals surface area contributed by atoms with Crippen molar-refractivity contribution in [3.63, 3.8) is 0 Å². The molecule has 0 radical (unpaired) electrons. The van der Waals surface area contributed by atoms with Gasteiger partial charge in [0.25, 0.3) is 0 Å². The highest BCUT2D eigenvalue weighted by atomic mass is 16.6. The lowest BCUT2D eigenvalue weighted by Gasteiger charge is -2.21. The van der Waals surface area contributed by atoms with E-state index in [0.717, 1.165) is 0 Å². The topological polar surface area (TPSA) is 119 Å².